The van der Waals surface area contributed by atoms with Crippen LogP contribution < -0.4 is 0 Å². The predicted molar refractivity (Wildman–Crippen MR) is 42.7 cm³/mol. The van der Waals surface area contributed by atoms with Crippen LogP contribution in [0, 0.1) is 0 Å². The van der Waals surface area contributed by atoms with Gasteiger partial charge < -0.3 is 10.1 Å². The van der Waals surface area contributed by atoms with Gasteiger partial charge in [0, 0.05) is 18.3 Å². The molecular formula is C6H8N2O2S. The number of hydrogen-bond donors (Lipinski definition) is 3. The molecule has 0 saturated heterocycles. The SMILES string of the molecule is O=C(O)C(S)Cc1cnc[nH]1. The Bertz CT molecular complexity index is 235. The highest BCUT2D eigenvalue weighted by atomic mass is 32.1. The predicted octanol–water partition coefficient (Wildman–Crippen LogP) is 0.335. The van der Waals surface area contributed by atoms with Crippen LogP contribution in [0.3, 0.4) is 0 Å². The fourth-order valence-electron chi connectivity index (χ4n) is 0.692. The topological polar surface area (TPSA) is 66.0 Å². The fourth-order valence-corrected chi connectivity index (χ4v) is 0.889. The standard InChI is InChI=1S/C6H8N2O2S/c9-6(10)5(11)1-4-2-7-3-8-4/h2-3,5,11H,1H2,(H,7,8)(H,9,10). The van der Waals surface area contributed by atoms with Crippen molar-refractivity contribution in [2.45, 2.75) is 11.7 Å². The summed E-state index contributed by atoms with van der Waals surface area (Å²) in [6, 6.07) is 0. The molecule has 0 aliphatic rings. The molecule has 0 aromatic carbocycles. The lowest BCUT2D eigenvalue weighted by Crippen LogP contribution is -2.16. The normalized spacial score (nSPS) is 12.8. The Morgan fingerprint density at radius 2 is 2.64 bits per heavy atom. The molecule has 5 heteroatoms. The van der Waals surface area contributed by atoms with Crippen LogP contribution >= 0.6 is 12.6 Å². The van der Waals surface area contributed by atoms with Crippen LogP contribution in [0.1, 0.15) is 5.69 Å². The third-order valence-electron chi connectivity index (χ3n) is 1.25. The van der Waals surface area contributed by atoms with E-state index in [1.807, 2.05) is 0 Å². The molecule has 1 atom stereocenters. The third kappa shape index (κ3) is 2.27. The van der Waals surface area contributed by atoms with Crippen molar-refractivity contribution in [3.05, 3.63) is 18.2 Å². The van der Waals surface area contributed by atoms with E-state index in [4.69, 9.17) is 5.11 Å². The van der Waals surface area contributed by atoms with Gasteiger partial charge in [0.2, 0.25) is 0 Å². The van der Waals surface area contributed by atoms with Gasteiger partial charge in [0.25, 0.3) is 0 Å². The number of aromatic nitrogens is 2. The maximum Gasteiger partial charge on any atom is 0.316 e. The number of thiol groups is 1. The highest BCUT2D eigenvalue weighted by molar-refractivity contribution is 7.81. The minimum absolute atomic E-state index is 0.373. The minimum Gasteiger partial charge on any atom is -0.480 e. The molecule has 11 heavy (non-hydrogen) atoms. The molecular weight excluding hydrogens is 164 g/mol. The highest BCUT2D eigenvalue weighted by Crippen LogP contribution is 2.03. The van der Waals surface area contributed by atoms with Crippen LogP contribution in [0.2, 0.25) is 0 Å². The smallest absolute Gasteiger partial charge is 0.316 e. The average molecular weight is 172 g/mol. The van der Waals surface area contributed by atoms with Gasteiger partial charge in [-0.05, 0) is 0 Å². The van der Waals surface area contributed by atoms with Crippen molar-refractivity contribution in [1.82, 2.24) is 9.97 Å². The second kappa shape index (κ2) is 3.43. The quantitative estimate of drug-likeness (QED) is 0.576. The first-order valence-electron chi connectivity index (χ1n) is 3.08. The first-order chi connectivity index (χ1) is 5.20. The van der Waals surface area contributed by atoms with Gasteiger partial charge in [-0.25, -0.2) is 4.98 Å². The summed E-state index contributed by atoms with van der Waals surface area (Å²) in [5.41, 5.74) is 0.785. The van der Waals surface area contributed by atoms with E-state index in [1.54, 1.807) is 6.20 Å². The number of imidazole rings is 1. The lowest BCUT2D eigenvalue weighted by molar-refractivity contribution is -0.136. The van der Waals surface area contributed by atoms with Gasteiger partial charge in [-0.1, -0.05) is 0 Å². The van der Waals surface area contributed by atoms with E-state index in [0.717, 1.165) is 5.69 Å². The van der Waals surface area contributed by atoms with Gasteiger partial charge in [0.1, 0.15) is 5.25 Å². The molecule has 0 fully saturated rings. The molecule has 1 aromatic rings. The molecule has 0 bridgehead atoms. The molecule has 0 amide bonds. The number of carbonyl (C=O) groups is 1. The second-order valence-corrected chi connectivity index (χ2v) is 2.76. The third-order valence-corrected chi connectivity index (χ3v) is 1.66. The Morgan fingerprint density at radius 1 is 1.91 bits per heavy atom. The lowest BCUT2D eigenvalue weighted by Gasteiger charge is -2.00. The van der Waals surface area contributed by atoms with Gasteiger partial charge in [0.05, 0.1) is 6.33 Å². The number of nitrogens with one attached hydrogen (secondary N) is 1. The number of aliphatic carboxylic acids is 1. The number of aromatic amines is 1. The Hall–Kier alpha value is -0.970. The summed E-state index contributed by atoms with van der Waals surface area (Å²) in [6.45, 7) is 0. The van der Waals surface area contributed by atoms with Crippen molar-refractivity contribution < 1.29 is 9.90 Å². The van der Waals surface area contributed by atoms with Crippen LogP contribution in [0.4, 0.5) is 0 Å². The highest BCUT2D eigenvalue weighted by Gasteiger charge is 2.12. The molecule has 4 nitrogen and oxygen atoms in total. The summed E-state index contributed by atoms with van der Waals surface area (Å²) < 4.78 is 0. The van der Waals surface area contributed by atoms with Crippen molar-refractivity contribution >= 4 is 18.6 Å². The molecule has 1 aromatic heterocycles. The summed E-state index contributed by atoms with van der Waals surface area (Å²) in [5, 5.41) is 7.81. The van der Waals surface area contributed by atoms with Crippen molar-refractivity contribution in [3.8, 4) is 0 Å². The zero-order chi connectivity index (χ0) is 8.27. The number of carboxylic acid groups (broad SMARTS) is 1. The molecule has 0 aliphatic carbocycles. The minimum atomic E-state index is -0.914. The summed E-state index contributed by atoms with van der Waals surface area (Å²) in [6.07, 6.45) is 3.47. The Balaban J connectivity index is 2.50. The summed E-state index contributed by atoms with van der Waals surface area (Å²) in [5.74, 6) is -0.914. The van der Waals surface area contributed by atoms with Gasteiger partial charge in [-0.15, -0.1) is 0 Å². The zero-order valence-electron chi connectivity index (χ0n) is 5.69. The van der Waals surface area contributed by atoms with E-state index in [2.05, 4.69) is 22.6 Å². The van der Waals surface area contributed by atoms with Crippen molar-refractivity contribution in [2.24, 2.45) is 0 Å². The molecule has 0 saturated carbocycles. The van der Waals surface area contributed by atoms with Gasteiger partial charge in [-0.3, -0.25) is 4.79 Å². The maximum atomic E-state index is 10.3. The van der Waals surface area contributed by atoms with E-state index in [9.17, 15) is 4.79 Å². The van der Waals surface area contributed by atoms with Crippen LogP contribution in [0.5, 0.6) is 0 Å². The number of H-pyrrole nitrogens is 1. The maximum absolute atomic E-state index is 10.3. The number of nitrogens with zero attached hydrogens (tertiary/aromatic N) is 1. The van der Waals surface area contributed by atoms with Crippen LogP contribution in [0.15, 0.2) is 12.5 Å². The molecule has 60 valence electrons. The monoisotopic (exact) mass is 172 g/mol. The second-order valence-electron chi connectivity index (χ2n) is 2.14. The van der Waals surface area contributed by atoms with Crippen molar-refractivity contribution in [1.29, 1.82) is 0 Å². The zero-order valence-corrected chi connectivity index (χ0v) is 6.58. The molecule has 0 radical (unpaired) electrons. The van der Waals surface area contributed by atoms with Gasteiger partial charge >= 0.3 is 5.97 Å². The first kappa shape index (κ1) is 8.13. The Morgan fingerprint density at radius 3 is 3.09 bits per heavy atom. The number of rotatable bonds is 3. The molecule has 0 aliphatic heterocycles. The molecule has 1 unspecified atom stereocenters. The van der Waals surface area contributed by atoms with Crippen LogP contribution in [0.25, 0.3) is 0 Å². The summed E-state index contributed by atoms with van der Waals surface area (Å²) in [7, 11) is 0. The molecule has 0 spiro atoms. The van der Waals surface area contributed by atoms with E-state index >= 15 is 0 Å². The molecule has 1 heterocycles. The largest absolute Gasteiger partial charge is 0.480 e. The summed E-state index contributed by atoms with van der Waals surface area (Å²) >= 11 is 3.86. The van der Waals surface area contributed by atoms with E-state index < -0.39 is 11.2 Å². The van der Waals surface area contributed by atoms with Gasteiger partial charge in [0.15, 0.2) is 0 Å². The van der Waals surface area contributed by atoms with Crippen LogP contribution in [-0.4, -0.2) is 26.3 Å². The van der Waals surface area contributed by atoms with Crippen molar-refractivity contribution in [2.75, 3.05) is 0 Å². The average Bonchev–Trinajstić information content (AvgIpc) is 2.39. The lowest BCUT2D eigenvalue weighted by atomic mass is 10.2. The van der Waals surface area contributed by atoms with Crippen LogP contribution in [-0.2, 0) is 11.2 Å². The fraction of sp³-hybridized carbons (Fsp3) is 0.333. The van der Waals surface area contributed by atoms with Gasteiger partial charge in [-0.2, -0.15) is 12.6 Å². The van der Waals surface area contributed by atoms with E-state index in [0.29, 0.717) is 6.42 Å². The summed E-state index contributed by atoms with van der Waals surface area (Å²) in [4.78, 5) is 16.9. The van der Waals surface area contributed by atoms with E-state index in [-0.39, 0.29) is 0 Å². The first-order valence-corrected chi connectivity index (χ1v) is 3.60. The Kier molecular flexibility index (Phi) is 2.53. The van der Waals surface area contributed by atoms with Crippen molar-refractivity contribution in [3.63, 3.8) is 0 Å². The van der Waals surface area contributed by atoms with E-state index in [1.165, 1.54) is 6.33 Å². The molecule has 1 rings (SSSR count). The number of carboxylic acids is 1. The number of hydrogen-bond acceptors (Lipinski definition) is 3. The Labute approximate surface area is 69.1 Å². The molecule has 2 N–H and O–H groups in total.